The third-order valence-corrected chi connectivity index (χ3v) is 2.78. The lowest BCUT2D eigenvalue weighted by Crippen LogP contribution is -2.21. The lowest BCUT2D eigenvalue weighted by atomic mass is 10.2. The predicted octanol–water partition coefficient (Wildman–Crippen LogP) is 2.39. The van der Waals surface area contributed by atoms with Crippen molar-refractivity contribution in [1.29, 1.82) is 0 Å². The Morgan fingerprint density at radius 1 is 1.40 bits per heavy atom. The summed E-state index contributed by atoms with van der Waals surface area (Å²) < 4.78 is 5.53. The molecule has 0 aliphatic heterocycles. The van der Waals surface area contributed by atoms with Gasteiger partial charge in [-0.2, -0.15) is 0 Å². The number of hydrogen-bond donors (Lipinski definition) is 1. The molecule has 0 unspecified atom stereocenters. The van der Waals surface area contributed by atoms with Gasteiger partial charge in [0.1, 0.15) is 17.9 Å². The lowest BCUT2D eigenvalue weighted by Gasteiger charge is -2.07. The number of amidine groups is 1. The van der Waals surface area contributed by atoms with Crippen molar-refractivity contribution >= 4 is 33.8 Å². The van der Waals surface area contributed by atoms with E-state index in [0.29, 0.717) is 5.75 Å². The summed E-state index contributed by atoms with van der Waals surface area (Å²) in [6.07, 6.45) is 3.28. The molecule has 0 fully saturated rings. The van der Waals surface area contributed by atoms with Crippen LogP contribution >= 0.6 is 11.8 Å². The minimum absolute atomic E-state index is 0.0113. The van der Waals surface area contributed by atoms with Crippen LogP contribution in [-0.4, -0.2) is 29.0 Å². The maximum atomic E-state index is 10.9. The number of carbonyl (C=O) groups is 1. The van der Waals surface area contributed by atoms with Crippen LogP contribution in [0, 0.1) is 0 Å². The average molecular weight is 291 g/mol. The number of fused-ring (bicyclic) bond motifs is 1. The minimum atomic E-state index is -0.528. The molecule has 1 aromatic carbocycles. The van der Waals surface area contributed by atoms with Gasteiger partial charge in [-0.3, -0.25) is 4.98 Å². The molecule has 0 amide bonds. The Morgan fingerprint density at radius 2 is 2.20 bits per heavy atom. The topological polar surface area (TPSA) is 86.8 Å². The van der Waals surface area contributed by atoms with Crippen LogP contribution < -0.4 is 10.5 Å². The number of nitrogens with two attached hydrogens (primary N) is 1. The fourth-order valence-electron chi connectivity index (χ4n) is 1.50. The van der Waals surface area contributed by atoms with E-state index in [1.807, 2.05) is 24.3 Å². The highest BCUT2D eigenvalue weighted by atomic mass is 32.2. The third kappa shape index (κ3) is 3.61. The van der Waals surface area contributed by atoms with Gasteiger partial charge in [0.2, 0.25) is 0 Å². The van der Waals surface area contributed by atoms with Gasteiger partial charge < -0.3 is 15.3 Å². The molecule has 2 rings (SSSR count). The van der Waals surface area contributed by atoms with Crippen molar-refractivity contribution in [2.24, 2.45) is 10.9 Å². The van der Waals surface area contributed by atoms with Crippen molar-refractivity contribution in [3.05, 3.63) is 36.5 Å². The quantitative estimate of drug-likeness (QED) is 0.403. The molecule has 0 spiro atoms. The number of rotatable bonds is 4. The molecule has 1 aromatic heterocycles. The predicted molar refractivity (Wildman–Crippen MR) is 78.9 cm³/mol. The summed E-state index contributed by atoms with van der Waals surface area (Å²) in [5.41, 5.74) is 6.33. The van der Waals surface area contributed by atoms with Crippen molar-refractivity contribution in [2.45, 2.75) is 0 Å². The van der Waals surface area contributed by atoms with Crippen LogP contribution in [-0.2, 0) is 4.84 Å². The van der Waals surface area contributed by atoms with Crippen LogP contribution in [0.3, 0.4) is 0 Å². The first-order valence-corrected chi connectivity index (χ1v) is 6.97. The van der Waals surface area contributed by atoms with E-state index in [1.165, 1.54) is 0 Å². The van der Waals surface area contributed by atoms with Crippen LogP contribution in [0.2, 0.25) is 0 Å². The fourth-order valence-corrected chi connectivity index (χ4v) is 1.62. The maximum absolute atomic E-state index is 10.9. The number of benzene rings is 1. The second kappa shape index (κ2) is 6.76. The number of carbonyl (C=O) groups excluding carboxylic acids is 1. The molecule has 0 aliphatic rings. The minimum Gasteiger partial charge on any atom is -0.483 e. The van der Waals surface area contributed by atoms with E-state index < -0.39 is 5.30 Å². The van der Waals surface area contributed by atoms with E-state index in [9.17, 15) is 4.79 Å². The second-order valence-corrected chi connectivity index (χ2v) is 4.49. The van der Waals surface area contributed by atoms with Gasteiger partial charge in [-0.1, -0.05) is 23.4 Å². The summed E-state index contributed by atoms with van der Waals surface area (Å²) in [7, 11) is 0. The highest BCUT2D eigenvalue weighted by Gasteiger charge is 2.04. The summed E-state index contributed by atoms with van der Waals surface area (Å²) >= 11 is 0.909. The van der Waals surface area contributed by atoms with Crippen LogP contribution in [0.4, 0.5) is 4.79 Å². The summed E-state index contributed by atoms with van der Waals surface area (Å²) in [6, 6.07) is 9.38. The third-order valence-electron chi connectivity index (χ3n) is 2.38. The van der Waals surface area contributed by atoms with Gasteiger partial charge >= 0.3 is 5.30 Å². The average Bonchev–Trinajstić information content (AvgIpc) is 2.50. The number of nitrogens with zero attached hydrogens (tertiary/aromatic N) is 2. The number of ether oxygens (including phenoxy) is 1. The smallest absolute Gasteiger partial charge is 0.393 e. The first-order valence-electron chi connectivity index (χ1n) is 5.74. The summed E-state index contributed by atoms with van der Waals surface area (Å²) in [5.74, 6) is 0.665. The Kier molecular flexibility index (Phi) is 4.78. The highest BCUT2D eigenvalue weighted by Crippen LogP contribution is 2.22. The van der Waals surface area contributed by atoms with Crippen LogP contribution in [0.25, 0.3) is 10.9 Å². The van der Waals surface area contributed by atoms with Gasteiger partial charge in [-0.25, -0.2) is 4.79 Å². The van der Waals surface area contributed by atoms with Gasteiger partial charge in [0.05, 0.1) is 0 Å². The molecule has 1 heterocycles. The van der Waals surface area contributed by atoms with Crippen molar-refractivity contribution < 1.29 is 14.4 Å². The van der Waals surface area contributed by atoms with E-state index in [2.05, 4.69) is 15.0 Å². The van der Waals surface area contributed by atoms with E-state index in [0.717, 1.165) is 22.7 Å². The molecular formula is C13H13N3O3S. The molecule has 104 valence electrons. The molecule has 0 atom stereocenters. The van der Waals surface area contributed by atoms with E-state index in [-0.39, 0.29) is 12.4 Å². The Hall–Kier alpha value is -2.28. The molecule has 0 saturated carbocycles. The Bertz CT molecular complexity index is 640. The molecule has 20 heavy (non-hydrogen) atoms. The Morgan fingerprint density at radius 3 is 3.00 bits per heavy atom. The summed E-state index contributed by atoms with van der Waals surface area (Å²) in [5, 5.41) is 3.91. The number of thioether (sulfide) groups is 1. The van der Waals surface area contributed by atoms with Crippen molar-refractivity contribution in [1.82, 2.24) is 4.98 Å². The zero-order chi connectivity index (χ0) is 14.4. The van der Waals surface area contributed by atoms with E-state index in [4.69, 9.17) is 10.5 Å². The molecule has 0 saturated heterocycles. The molecule has 0 bridgehead atoms. The van der Waals surface area contributed by atoms with Gasteiger partial charge in [0.25, 0.3) is 0 Å². The maximum Gasteiger partial charge on any atom is 0.393 e. The number of pyridine rings is 1. The van der Waals surface area contributed by atoms with Crippen LogP contribution in [0.15, 0.2) is 41.7 Å². The van der Waals surface area contributed by atoms with Gasteiger partial charge in [-0.05, 0) is 30.2 Å². The first kappa shape index (κ1) is 14.1. The van der Waals surface area contributed by atoms with E-state index >= 15 is 0 Å². The second-order valence-electron chi connectivity index (χ2n) is 3.75. The monoisotopic (exact) mass is 291 g/mol. The normalized spacial score (nSPS) is 11.3. The molecule has 6 nitrogen and oxygen atoms in total. The van der Waals surface area contributed by atoms with Gasteiger partial charge in [-0.15, -0.1) is 0 Å². The Balaban J connectivity index is 2.04. The standard InChI is InChI=1S/C13H13N3O3S/c1-20-13(17)19-16-11(14)8-18-10-6-2-4-9-5-3-7-15-12(9)10/h2-7H,8H2,1H3,(H2,14,16). The zero-order valence-corrected chi connectivity index (χ0v) is 11.6. The summed E-state index contributed by atoms with van der Waals surface area (Å²) in [6.45, 7) is 0.0113. The fraction of sp³-hybridized carbons (Fsp3) is 0.154. The molecular weight excluding hydrogens is 278 g/mol. The lowest BCUT2D eigenvalue weighted by molar-refractivity contribution is 0.179. The van der Waals surface area contributed by atoms with Gasteiger partial charge in [0.15, 0.2) is 5.84 Å². The van der Waals surface area contributed by atoms with Crippen molar-refractivity contribution in [2.75, 3.05) is 12.9 Å². The number of oxime groups is 1. The number of aromatic nitrogens is 1. The first-order chi connectivity index (χ1) is 9.70. The number of hydrogen-bond acceptors (Lipinski definition) is 6. The molecule has 0 radical (unpaired) electrons. The molecule has 2 aromatic rings. The van der Waals surface area contributed by atoms with E-state index in [1.54, 1.807) is 18.5 Å². The molecule has 2 N–H and O–H groups in total. The van der Waals surface area contributed by atoms with Crippen molar-refractivity contribution in [3.8, 4) is 5.75 Å². The molecule has 7 heteroatoms. The van der Waals surface area contributed by atoms with Crippen molar-refractivity contribution in [3.63, 3.8) is 0 Å². The van der Waals surface area contributed by atoms with Crippen LogP contribution in [0.5, 0.6) is 5.75 Å². The van der Waals surface area contributed by atoms with Crippen LogP contribution in [0.1, 0.15) is 0 Å². The SMILES string of the molecule is CSC(=O)O/N=C(\N)COc1cccc2cccnc12. The summed E-state index contributed by atoms with van der Waals surface area (Å²) in [4.78, 5) is 19.7. The van der Waals surface area contributed by atoms with Gasteiger partial charge in [0, 0.05) is 11.6 Å². The largest absolute Gasteiger partial charge is 0.483 e. The Labute approximate surface area is 119 Å². The zero-order valence-electron chi connectivity index (χ0n) is 10.8. The number of para-hydroxylation sites is 1. The molecule has 0 aliphatic carbocycles. The highest BCUT2D eigenvalue weighted by molar-refractivity contribution is 8.12.